The fraction of sp³-hybridized carbons (Fsp3) is 0.176. The summed E-state index contributed by atoms with van der Waals surface area (Å²) in [6.45, 7) is 0. The van der Waals surface area contributed by atoms with E-state index in [0.29, 0.717) is 15.1 Å². The quantitative estimate of drug-likeness (QED) is 0.731. The normalized spacial score (nSPS) is 20.2. The molecular weight excluding hydrogens is 437 g/mol. The summed E-state index contributed by atoms with van der Waals surface area (Å²) in [6, 6.07) is 11.7. The van der Waals surface area contributed by atoms with E-state index in [-0.39, 0.29) is 16.3 Å². The Morgan fingerprint density at radius 3 is 2.46 bits per heavy atom. The molecule has 4 nitrogen and oxygen atoms in total. The third-order valence-electron chi connectivity index (χ3n) is 3.88. The second kappa shape index (κ2) is 6.68. The van der Waals surface area contributed by atoms with Crippen molar-refractivity contribution in [1.82, 2.24) is 5.01 Å². The molecule has 0 unspecified atom stereocenters. The van der Waals surface area contributed by atoms with Crippen LogP contribution in [-0.4, -0.2) is 33.6 Å². The summed E-state index contributed by atoms with van der Waals surface area (Å²) in [5.74, 6) is -1.08. The fourth-order valence-corrected chi connectivity index (χ4v) is 3.05. The highest BCUT2D eigenvalue weighted by Gasteiger charge is 2.63. The minimum atomic E-state index is -5.09. The van der Waals surface area contributed by atoms with Gasteiger partial charge in [-0.05, 0) is 42.0 Å². The zero-order chi connectivity index (χ0) is 19.1. The van der Waals surface area contributed by atoms with Crippen LogP contribution in [-0.2, 0) is 0 Å². The van der Waals surface area contributed by atoms with Crippen LogP contribution in [0.25, 0.3) is 0 Å². The Morgan fingerprint density at radius 1 is 1.23 bits per heavy atom. The first-order valence-electron chi connectivity index (χ1n) is 7.34. The van der Waals surface area contributed by atoms with Crippen molar-refractivity contribution in [2.75, 3.05) is 0 Å². The van der Waals surface area contributed by atoms with Gasteiger partial charge < -0.3 is 5.11 Å². The zero-order valence-corrected chi connectivity index (χ0v) is 15.3. The molecular formula is C17H11BrClF3N2O2. The molecule has 9 heteroatoms. The third kappa shape index (κ3) is 3.36. The predicted octanol–water partition coefficient (Wildman–Crippen LogP) is 4.60. The molecule has 1 N–H and O–H groups in total. The molecule has 0 aliphatic carbocycles. The smallest absolute Gasteiger partial charge is 0.362 e. The van der Waals surface area contributed by atoms with Crippen LogP contribution in [0.2, 0.25) is 5.02 Å². The molecule has 1 heterocycles. The van der Waals surface area contributed by atoms with Crippen molar-refractivity contribution < 1.29 is 23.1 Å². The molecule has 0 saturated heterocycles. The first kappa shape index (κ1) is 18.9. The van der Waals surface area contributed by atoms with Crippen molar-refractivity contribution in [3.8, 4) is 0 Å². The Hall–Kier alpha value is -1.90. The molecule has 0 fully saturated rings. The summed E-state index contributed by atoms with van der Waals surface area (Å²) in [4.78, 5) is 12.6. The highest BCUT2D eigenvalue weighted by atomic mass is 79.9. The van der Waals surface area contributed by atoms with Gasteiger partial charge in [-0.1, -0.05) is 39.7 Å². The molecule has 1 atom stereocenters. The molecule has 0 radical (unpaired) electrons. The Morgan fingerprint density at radius 2 is 1.88 bits per heavy atom. The summed E-state index contributed by atoms with van der Waals surface area (Å²) in [5, 5.41) is 14.5. The molecule has 0 spiro atoms. The molecule has 0 saturated carbocycles. The van der Waals surface area contributed by atoms with E-state index in [0.717, 1.165) is 0 Å². The van der Waals surface area contributed by atoms with Crippen LogP contribution in [0.15, 0.2) is 58.1 Å². The molecule has 1 amide bonds. The summed E-state index contributed by atoms with van der Waals surface area (Å²) < 4.78 is 41.3. The molecule has 0 aromatic heterocycles. The van der Waals surface area contributed by atoms with Gasteiger partial charge in [-0.3, -0.25) is 4.79 Å². The molecule has 1 aliphatic heterocycles. The number of alkyl halides is 3. The molecule has 3 rings (SSSR count). The number of carbonyl (C=O) groups is 1. The van der Waals surface area contributed by atoms with E-state index in [4.69, 9.17) is 11.6 Å². The van der Waals surface area contributed by atoms with Gasteiger partial charge >= 0.3 is 6.18 Å². The highest BCUT2D eigenvalue weighted by Crippen LogP contribution is 2.42. The van der Waals surface area contributed by atoms with Crippen LogP contribution < -0.4 is 0 Å². The lowest BCUT2D eigenvalue weighted by molar-refractivity contribution is -0.297. The number of halogens is 5. The minimum Gasteiger partial charge on any atom is -0.362 e. The van der Waals surface area contributed by atoms with E-state index in [9.17, 15) is 23.1 Å². The average molecular weight is 448 g/mol. The monoisotopic (exact) mass is 446 g/mol. The summed E-state index contributed by atoms with van der Waals surface area (Å²) in [6.07, 6.45) is -5.96. The van der Waals surface area contributed by atoms with Gasteiger partial charge in [0.15, 0.2) is 0 Å². The van der Waals surface area contributed by atoms with Crippen molar-refractivity contribution in [3.05, 3.63) is 69.2 Å². The number of hydrogen-bond donors (Lipinski definition) is 1. The topological polar surface area (TPSA) is 52.9 Å². The second-order valence-electron chi connectivity index (χ2n) is 5.67. The third-order valence-corrected chi connectivity index (χ3v) is 4.63. The largest absolute Gasteiger partial charge is 0.438 e. The number of nitrogens with zero attached hydrogens (tertiary/aromatic N) is 2. The number of amides is 1. The molecule has 136 valence electrons. The van der Waals surface area contributed by atoms with E-state index in [1.54, 1.807) is 24.3 Å². The van der Waals surface area contributed by atoms with Gasteiger partial charge in [-0.15, -0.1) is 0 Å². The van der Waals surface area contributed by atoms with E-state index in [2.05, 4.69) is 21.0 Å². The van der Waals surface area contributed by atoms with Gasteiger partial charge in [-0.25, -0.2) is 0 Å². The van der Waals surface area contributed by atoms with Crippen LogP contribution in [0, 0.1) is 0 Å². The average Bonchev–Trinajstić information content (AvgIpc) is 2.94. The zero-order valence-electron chi connectivity index (χ0n) is 13.0. The molecule has 26 heavy (non-hydrogen) atoms. The van der Waals surface area contributed by atoms with Crippen LogP contribution in [0.5, 0.6) is 0 Å². The Bertz CT molecular complexity index is 886. The number of hydrogen-bond acceptors (Lipinski definition) is 3. The first-order valence-corrected chi connectivity index (χ1v) is 8.51. The second-order valence-corrected chi connectivity index (χ2v) is 7.02. The molecule has 0 bridgehead atoms. The standard InChI is InChI=1S/C17H11BrClF3N2O2/c18-12-3-1-2-11(8-12)14-9-16(26,17(20,21)22)24(23-14)15(25)10-4-6-13(19)7-5-10/h1-8,26H,9H2/t16-/m0/s1. The van der Waals surface area contributed by atoms with Gasteiger partial charge in [0.05, 0.1) is 12.1 Å². The van der Waals surface area contributed by atoms with Gasteiger partial charge in [-0.2, -0.15) is 23.3 Å². The van der Waals surface area contributed by atoms with Crippen LogP contribution in [0.3, 0.4) is 0 Å². The van der Waals surface area contributed by atoms with Gasteiger partial charge in [0, 0.05) is 15.1 Å². The van der Waals surface area contributed by atoms with E-state index in [1.807, 2.05) is 0 Å². The Kier molecular flexibility index (Phi) is 4.85. The highest BCUT2D eigenvalue weighted by molar-refractivity contribution is 9.10. The van der Waals surface area contributed by atoms with Crippen molar-refractivity contribution >= 4 is 39.1 Å². The maximum atomic E-state index is 13.6. The lowest BCUT2D eigenvalue weighted by Gasteiger charge is -2.32. The van der Waals surface area contributed by atoms with E-state index < -0.39 is 24.2 Å². The number of aliphatic hydroxyl groups is 1. The van der Waals surface area contributed by atoms with Crippen molar-refractivity contribution in [2.45, 2.75) is 18.3 Å². The lowest BCUT2D eigenvalue weighted by Crippen LogP contribution is -2.56. The van der Waals surface area contributed by atoms with Crippen LogP contribution in [0.1, 0.15) is 22.3 Å². The van der Waals surface area contributed by atoms with Crippen molar-refractivity contribution in [1.29, 1.82) is 0 Å². The van der Waals surface area contributed by atoms with Crippen molar-refractivity contribution in [3.63, 3.8) is 0 Å². The summed E-state index contributed by atoms with van der Waals surface area (Å²) in [7, 11) is 0. The lowest BCUT2D eigenvalue weighted by atomic mass is 10.0. The summed E-state index contributed by atoms with van der Waals surface area (Å²) >= 11 is 8.97. The maximum absolute atomic E-state index is 13.6. The summed E-state index contributed by atoms with van der Waals surface area (Å²) in [5.41, 5.74) is -3.18. The SMILES string of the molecule is O=C(c1ccc(Cl)cc1)N1N=C(c2cccc(Br)c2)C[C@]1(O)C(F)(F)F. The fourth-order valence-electron chi connectivity index (χ4n) is 2.52. The number of benzene rings is 2. The Balaban J connectivity index is 2.05. The number of hydrazone groups is 1. The minimum absolute atomic E-state index is 0.0477. The van der Waals surface area contributed by atoms with Gasteiger partial charge in [0.25, 0.3) is 11.6 Å². The number of rotatable bonds is 2. The molecule has 2 aromatic carbocycles. The van der Waals surface area contributed by atoms with E-state index in [1.165, 1.54) is 24.3 Å². The van der Waals surface area contributed by atoms with Gasteiger partial charge in [0.1, 0.15) is 0 Å². The van der Waals surface area contributed by atoms with Crippen molar-refractivity contribution in [2.24, 2.45) is 5.10 Å². The number of carbonyl (C=O) groups excluding carboxylic acids is 1. The van der Waals surface area contributed by atoms with Gasteiger partial charge in [0.2, 0.25) is 0 Å². The molecule has 2 aromatic rings. The first-order chi connectivity index (χ1) is 12.1. The maximum Gasteiger partial charge on any atom is 0.438 e. The van der Waals surface area contributed by atoms with Crippen LogP contribution in [0.4, 0.5) is 13.2 Å². The van der Waals surface area contributed by atoms with Crippen LogP contribution >= 0.6 is 27.5 Å². The molecule has 1 aliphatic rings. The Labute approximate surface area is 160 Å². The predicted molar refractivity (Wildman–Crippen MR) is 93.9 cm³/mol. The van der Waals surface area contributed by atoms with E-state index >= 15 is 0 Å².